The van der Waals surface area contributed by atoms with E-state index in [9.17, 15) is 17.6 Å². The van der Waals surface area contributed by atoms with Gasteiger partial charge in [-0.3, -0.25) is 9.78 Å². The van der Waals surface area contributed by atoms with Gasteiger partial charge in [0.25, 0.3) is 0 Å². The van der Waals surface area contributed by atoms with Crippen LogP contribution in [0.25, 0.3) is 0 Å². The Kier molecular flexibility index (Phi) is 6.61. The molecule has 0 aliphatic heterocycles. The van der Waals surface area contributed by atoms with Crippen molar-refractivity contribution in [3.05, 3.63) is 95.0 Å². The second-order valence-corrected chi connectivity index (χ2v) is 8.95. The van der Waals surface area contributed by atoms with Crippen molar-refractivity contribution < 1.29 is 17.6 Å². The van der Waals surface area contributed by atoms with Crippen LogP contribution in [0.4, 0.5) is 4.39 Å². The molecule has 2 aromatic carbocycles. The number of hydrogen-bond acceptors (Lipinski definition) is 4. The van der Waals surface area contributed by atoms with Gasteiger partial charge in [-0.15, -0.1) is 0 Å². The van der Waals surface area contributed by atoms with Crippen LogP contribution in [0, 0.1) is 5.82 Å². The summed E-state index contributed by atoms with van der Waals surface area (Å²) in [5, 5.41) is 2.07. The number of carbonyl (C=O) groups is 1. The second-order valence-electron chi connectivity index (χ2n) is 6.38. The molecular weight excluding hydrogens is 415 g/mol. The Balaban J connectivity index is 1.80. The van der Waals surface area contributed by atoms with Crippen molar-refractivity contribution in [3.8, 4) is 0 Å². The monoisotopic (exact) mass is 432 g/mol. The predicted molar refractivity (Wildman–Crippen MR) is 109 cm³/mol. The van der Waals surface area contributed by atoms with Crippen LogP contribution in [0.1, 0.15) is 16.4 Å². The number of pyridine rings is 1. The zero-order chi connectivity index (χ0) is 20.9. The van der Waals surface area contributed by atoms with E-state index in [0.29, 0.717) is 16.1 Å². The molecule has 0 aliphatic rings. The van der Waals surface area contributed by atoms with Gasteiger partial charge in [0.2, 0.25) is 5.91 Å². The van der Waals surface area contributed by atoms with Crippen molar-refractivity contribution in [2.24, 2.45) is 0 Å². The summed E-state index contributed by atoms with van der Waals surface area (Å²) in [5.74, 6) is -0.753. The van der Waals surface area contributed by atoms with Crippen molar-refractivity contribution in [1.82, 2.24) is 10.3 Å². The minimum absolute atomic E-state index is 0.0149. The normalized spacial score (nSPS) is 12.3. The number of amides is 1. The average Bonchev–Trinajstić information content (AvgIpc) is 2.71. The summed E-state index contributed by atoms with van der Waals surface area (Å²) in [6.45, 7) is -0.128. The van der Waals surface area contributed by atoms with Crippen LogP contribution in [-0.4, -0.2) is 25.9 Å². The maximum Gasteiger partial charge on any atom is 0.224 e. The van der Waals surface area contributed by atoms with E-state index in [4.69, 9.17) is 11.6 Å². The summed E-state index contributed by atoms with van der Waals surface area (Å²) in [6, 6.07) is 14.7. The van der Waals surface area contributed by atoms with Gasteiger partial charge in [-0.25, -0.2) is 12.8 Å². The molecule has 8 heteroatoms. The standard InChI is InChI=1S/C21H18ClFN2O3S/c22-17-5-9-19(10-6-17)29(27,28)20(16-2-1-11-24-13-16)14-25-21(26)12-15-3-7-18(23)8-4-15/h1-11,13,20H,12,14H2,(H,25,26). The van der Waals surface area contributed by atoms with Crippen LogP contribution in [0.15, 0.2) is 78.0 Å². The first kappa shape index (κ1) is 21.0. The molecular formula is C21H18ClFN2O3S. The van der Waals surface area contributed by atoms with Crippen molar-refractivity contribution >= 4 is 27.3 Å². The molecule has 3 aromatic rings. The summed E-state index contributed by atoms with van der Waals surface area (Å²) in [6.07, 6.45) is 3.02. The molecule has 3 rings (SSSR count). The van der Waals surface area contributed by atoms with Crippen molar-refractivity contribution in [2.75, 3.05) is 6.54 Å². The van der Waals surface area contributed by atoms with E-state index in [1.165, 1.54) is 54.7 Å². The summed E-state index contributed by atoms with van der Waals surface area (Å²) >= 11 is 5.86. The zero-order valence-corrected chi connectivity index (χ0v) is 16.8. The van der Waals surface area contributed by atoms with Gasteiger partial charge >= 0.3 is 0 Å². The number of hydrogen-bond donors (Lipinski definition) is 1. The average molecular weight is 433 g/mol. The van der Waals surface area contributed by atoms with E-state index in [0.717, 1.165) is 0 Å². The topological polar surface area (TPSA) is 76.1 Å². The third-order valence-corrected chi connectivity index (χ3v) is 6.70. The Bertz CT molecular complexity index is 1070. The van der Waals surface area contributed by atoms with Gasteiger partial charge in [0.05, 0.1) is 11.3 Å². The lowest BCUT2D eigenvalue weighted by atomic mass is 10.1. The summed E-state index contributed by atoms with van der Waals surface area (Å²) in [4.78, 5) is 16.4. The van der Waals surface area contributed by atoms with E-state index in [1.54, 1.807) is 18.3 Å². The van der Waals surface area contributed by atoms with Crippen LogP contribution >= 0.6 is 11.6 Å². The minimum Gasteiger partial charge on any atom is -0.354 e. The molecule has 1 atom stereocenters. The first-order valence-electron chi connectivity index (χ1n) is 8.77. The van der Waals surface area contributed by atoms with Gasteiger partial charge in [0.15, 0.2) is 9.84 Å². The quantitative estimate of drug-likeness (QED) is 0.617. The maximum atomic E-state index is 13.2. The van der Waals surface area contributed by atoms with Gasteiger partial charge in [0.1, 0.15) is 11.1 Å². The predicted octanol–water partition coefficient (Wildman–Crippen LogP) is 3.75. The molecule has 0 spiro atoms. The first-order valence-corrected chi connectivity index (χ1v) is 10.7. The van der Waals surface area contributed by atoms with Crippen LogP contribution in [0.5, 0.6) is 0 Å². The summed E-state index contributed by atoms with van der Waals surface area (Å²) in [5.41, 5.74) is 1.09. The van der Waals surface area contributed by atoms with Crippen LogP contribution in [0.2, 0.25) is 5.02 Å². The van der Waals surface area contributed by atoms with E-state index in [-0.39, 0.29) is 29.6 Å². The highest BCUT2D eigenvalue weighted by atomic mass is 35.5. The number of rotatable bonds is 7. The highest BCUT2D eigenvalue weighted by molar-refractivity contribution is 7.91. The summed E-state index contributed by atoms with van der Waals surface area (Å²) < 4.78 is 39.4. The number of aromatic nitrogens is 1. The molecule has 0 saturated carbocycles. The zero-order valence-electron chi connectivity index (χ0n) is 15.3. The molecule has 29 heavy (non-hydrogen) atoms. The van der Waals surface area contributed by atoms with E-state index >= 15 is 0 Å². The number of halogens is 2. The molecule has 0 fully saturated rings. The lowest BCUT2D eigenvalue weighted by Gasteiger charge is -2.19. The largest absolute Gasteiger partial charge is 0.354 e. The SMILES string of the molecule is O=C(Cc1ccc(F)cc1)NCC(c1cccnc1)S(=O)(=O)c1ccc(Cl)cc1. The summed E-state index contributed by atoms with van der Waals surface area (Å²) in [7, 11) is -3.81. The Labute approximate surface area is 173 Å². The maximum absolute atomic E-state index is 13.2. The lowest BCUT2D eigenvalue weighted by molar-refractivity contribution is -0.120. The molecule has 0 radical (unpaired) electrons. The Hall–Kier alpha value is -2.77. The third kappa shape index (κ3) is 5.40. The number of nitrogens with zero attached hydrogens (tertiary/aromatic N) is 1. The highest BCUT2D eigenvalue weighted by Gasteiger charge is 2.29. The molecule has 150 valence electrons. The molecule has 0 saturated heterocycles. The van der Waals surface area contributed by atoms with Gasteiger partial charge in [-0.05, 0) is 53.6 Å². The number of benzene rings is 2. The number of carbonyl (C=O) groups excluding carboxylic acids is 1. The Morgan fingerprint density at radius 2 is 1.76 bits per heavy atom. The molecule has 1 aromatic heterocycles. The fraction of sp³-hybridized carbons (Fsp3) is 0.143. The Morgan fingerprint density at radius 1 is 1.07 bits per heavy atom. The van der Waals surface area contributed by atoms with Crippen molar-refractivity contribution in [3.63, 3.8) is 0 Å². The number of nitrogens with one attached hydrogen (secondary N) is 1. The molecule has 1 unspecified atom stereocenters. The van der Waals surface area contributed by atoms with E-state index in [1.807, 2.05) is 0 Å². The van der Waals surface area contributed by atoms with Crippen LogP contribution in [0.3, 0.4) is 0 Å². The lowest BCUT2D eigenvalue weighted by Crippen LogP contribution is -2.33. The Morgan fingerprint density at radius 3 is 2.38 bits per heavy atom. The minimum atomic E-state index is -3.81. The molecule has 1 heterocycles. The van der Waals surface area contributed by atoms with Crippen molar-refractivity contribution in [2.45, 2.75) is 16.6 Å². The van der Waals surface area contributed by atoms with E-state index in [2.05, 4.69) is 10.3 Å². The van der Waals surface area contributed by atoms with Gasteiger partial charge in [-0.1, -0.05) is 29.8 Å². The van der Waals surface area contributed by atoms with E-state index < -0.39 is 15.1 Å². The molecule has 1 N–H and O–H groups in total. The van der Waals surface area contributed by atoms with Gasteiger partial charge < -0.3 is 5.32 Å². The van der Waals surface area contributed by atoms with Gasteiger partial charge in [-0.2, -0.15) is 0 Å². The molecule has 5 nitrogen and oxygen atoms in total. The number of sulfone groups is 1. The fourth-order valence-corrected chi connectivity index (χ4v) is 4.59. The van der Waals surface area contributed by atoms with Crippen LogP contribution in [-0.2, 0) is 21.1 Å². The first-order chi connectivity index (χ1) is 13.9. The smallest absolute Gasteiger partial charge is 0.224 e. The molecule has 0 bridgehead atoms. The second kappa shape index (κ2) is 9.15. The molecule has 0 aliphatic carbocycles. The third-order valence-electron chi connectivity index (χ3n) is 4.34. The van der Waals surface area contributed by atoms with Crippen molar-refractivity contribution in [1.29, 1.82) is 0 Å². The highest BCUT2D eigenvalue weighted by Crippen LogP contribution is 2.29. The van der Waals surface area contributed by atoms with Crippen LogP contribution < -0.4 is 5.32 Å². The molecule has 1 amide bonds. The van der Waals surface area contributed by atoms with Gasteiger partial charge in [0, 0.05) is 24.0 Å². The fourth-order valence-electron chi connectivity index (χ4n) is 2.82.